The number of allylic oxidation sites excluding steroid dienone is 4. The lowest BCUT2D eigenvalue weighted by Crippen LogP contribution is -2.22. The second kappa shape index (κ2) is 15.9. The summed E-state index contributed by atoms with van der Waals surface area (Å²) in [5.74, 6) is 0. The molecule has 2 heterocycles. The van der Waals surface area contributed by atoms with Crippen molar-refractivity contribution in [2.24, 2.45) is 0 Å². The predicted molar refractivity (Wildman–Crippen MR) is 256 cm³/mol. The van der Waals surface area contributed by atoms with Gasteiger partial charge in [-0.1, -0.05) is 153 Å². The molecule has 62 heavy (non-hydrogen) atoms. The van der Waals surface area contributed by atoms with Crippen LogP contribution in [0.5, 0.6) is 0 Å². The lowest BCUT2D eigenvalue weighted by Gasteiger charge is -2.11. The van der Waals surface area contributed by atoms with Gasteiger partial charge in [0.05, 0.1) is 44.8 Å². The number of hydrogen-bond acceptors (Lipinski definition) is 2. The number of rotatable bonds is 10. The molecule has 0 aliphatic carbocycles. The number of para-hydroxylation sites is 4. The SMILES string of the molecule is C=C/C=C(\C=C)c1ccc(-n2c(=O)n(-c3cccc(-c4cccc(-c5cccc(-n6c(=O)n(-c7ccc(-c8ccccc8)cc7)c7ccccc76)c5)c4)c3)c3ccccc32)cc1. The molecular formula is C56H40N4O2. The first-order valence-corrected chi connectivity index (χ1v) is 20.5. The van der Waals surface area contributed by atoms with Crippen LogP contribution in [0, 0.1) is 0 Å². The molecule has 0 unspecified atom stereocenters. The molecule has 0 saturated carbocycles. The Kier molecular flexibility index (Phi) is 9.71. The molecule has 0 amide bonds. The van der Waals surface area contributed by atoms with Gasteiger partial charge in [-0.05, 0) is 123 Å². The third-order valence-corrected chi connectivity index (χ3v) is 11.4. The molecule has 10 rings (SSSR count). The topological polar surface area (TPSA) is 53.9 Å². The molecule has 0 fully saturated rings. The van der Waals surface area contributed by atoms with E-state index in [1.54, 1.807) is 30.4 Å². The van der Waals surface area contributed by atoms with Crippen LogP contribution < -0.4 is 11.4 Å². The van der Waals surface area contributed by atoms with Crippen molar-refractivity contribution in [3.05, 3.63) is 258 Å². The van der Waals surface area contributed by atoms with Crippen molar-refractivity contribution < 1.29 is 0 Å². The number of aromatic nitrogens is 4. The largest absolute Gasteiger partial charge is 0.338 e. The molecule has 10 aromatic rings. The number of benzene rings is 8. The van der Waals surface area contributed by atoms with E-state index < -0.39 is 0 Å². The van der Waals surface area contributed by atoms with E-state index in [1.807, 2.05) is 140 Å². The fourth-order valence-corrected chi connectivity index (χ4v) is 8.47. The van der Waals surface area contributed by atoms with Crippen molar-refractivity contribution >= 4 is 27.6 Å². The summed E-state index contributed by atoms with van der Waals surface area (Å²) in [5, 5.41) is 0. The van der Waals surface area contributed by atoms with Gasteiger partial charge in [0.2, 0.25) is 0 Å². The molecule has 0 N–H and O–H groups in total. The molecular weight excluding hydrogens is 761 g/mol. The van der Waals surface area contributed by atoms with Gasteiger partial charge in [0.15, 0.2) is 0 Å². The first-order valence-electron chi connectivity index (χ1n) is 20.5. The van der Waals surface area contributed by atoms with Gasteiger partial charge in [0.25, 0.3) is 0 Å². The maximum absolute atomic E-state index is 14.4. The number of imidazole rings is 2. The highest BCUT2D eigenvalue weighted by molar-refractivity contribution is 5.83. The zero-order valence-corrected chi connectivity index (χ0v) is 33.8. The monoisotopic (exact) mass is 800 g/mol. The minimum atomic E-state index is -0.159. The molecule has 6 nitrogen and oxygen atoms in total. The summed E-state index contributed by atoms with van der Waals surface area (Å²) >= 11 is 0. The molecule has 0 saturated heterocycles. The molecule has 0 aliphatic heterocycles. The van der Waals surface area contributed by atoms with Crippen LogP contribution in [-0.4, -0.2) is 18.3 Å². The van der Waals surface area contributed by atoms with E-state index in [0.717, 1.165) is 89.3 Å². The second-order valence-electron chi connectivity index (χ2n) is 15.1. The fourth-order valence-electron chi connectivity index (χ4n) is 8.47. The quantitative estimate of drug-likeness (QED) is 0.129. The van der Waals surface area contributed by atoms with Crippen molar-refractivity contribution in [1.29, 1.82) is 0 Å². The molecule has 0 spiro atoms. The van der Waals surface area contributed by atoms with Gasteiger partial charge in [-0.2, -0.15) is 0 Å². The first kappa shape index (κ1) is 37.8. The van der Waals surface area contributed by atoms with E-state index in [0.29, 0.717) is 0 Å². The smallest absolute Gasteiger partial charge is 0.260 e. The van der Waals surface area contributed by atoms with Gasteiger partial charge >= 0.3 is 11.4 Å². The van der Waals surface area contributed by atoms with Crippen molar-refractivity contribution in [3.8, 4) is 56.1 Å². The minimum Gasteiger partial charge on any atom is -0.260 e. The van der Waals surface area contributed by atoms with E-state index in [1.165, 1.54) is 0 Å². The third kappa shape index (κ3) is 6.66. The summed E-state index contributed by atoms with van der Waals surface area (Å²) in [6, 6.07) is 66.7. The van der Waals surface area contributed by atoms with Gasteiger partial charge in [-0.3, -0.25) is 18.3 Å². The van der Waals surface area contributed by atoms with Gasteiger partial charge in [0.1, 0.15) is 0 Å². The molecule has 6 heteroatoms. The summed E-state index contributed by atoms with van der Waals surface area (Å²) in [7, 11) is 0. The van der Waals surface area contributed by atoms with Gasteiger partial charge in [-0.15, -0.1) is 0 Å². The van der Waals surface area contributed by atoms with Gasteiger partial charge < -0.3 is 0 Å². The van der Waals surface area contributed by atoms with E-state index in [4.69, 9.17) is 0 Å². The summed E-state index contributed by atoms with van der Waals surface area (Å²) < 4.78 is 7.11. The Morgan fingerprint density at radius 2 is 0.726 bits per heavy atom. The molecule has 296 valence electrons. The number of nitrogens with zero attached hydrogens (tertiary/aromatic N) is 4. The fraction of sp³-hybridized carbons (Fsp3) is 0. The normalized spacial score (nSPS) is 11.6. The summed E-state index contributed by atoms with van der Waals surface area (Å²) in [6.45, 7) is 7.75. The summed E-state index contributed by atoms with van der Waals surface area (Å²) in [6.07, 6.45) is 5.45. The van der Waals surface area contributed by atoms with Gasteiger partial charge in [0, 0.05) is 0 Å². The first-order chi connectivity index (χ1) is 30.5. The van der Waals surface area contributed by atoms with Crippen molar-refractivity contribution in [3.63, 3.8) is 0 Å². The zero-order valence-electron chi connectivity index (χ0n) is 33.8. The maximum atomic E-state index is 14.4. The van der Waals surface area contributed by atoms with Crippen LogP contribution in [0.15, 0.2) is 241 Å². The van der Waals surface area contributed by atoms with Crippen LogP contribution in [0.1, 0.15) is 5.56 Å². The highest BCUT2D eigenvalue weighted by Crippen LogP contribution is 2.31. The number of fused-ring (bicyclic) bond motifs is 2. The molecule has 0 radical (unpaired) electrons. The molecule has 0 atom stereocenters. The van der Waals surface area contributed by atoms with E-state index in [2.05, 4.69) is 79.9 Å². The zero-order chi connectivity index (χ0) is 42.2. The molecule has 2 aromatic heterocycles. The second-order valence-corrected chi connectivity index (χ2v) is 15.1. The lowest BCUT2D eigenvalue weighted by molar-refractivity contribution is 0.931. The minimum absolute atomic E-state index is 0.141. The average Bonchev–Trinajstić information content (AvgIpc) is 3.80. The number of hydrogen-bond donors (Lipinski definition) is 0. The van der Waals surface area contributed by atoms with E-state index >= 15 is 0 Å². The van der Waals surface area contributed by atoms with Crippen molar-refractivity contribution in [2.45, 2.75) is 0 Å². The Bertz CT molecular complexity index is 3470. The Labute approximate surface area is 358 Å². The molecule has 8 aromatic carbocycles. The Morgan fingerprint density at radius 1 is 0.355 bits per heavy atom. The highest BCUT2D eigenvalue weighted by atomic mass is 16.2. The molecule has 0 aliphatic rings. The Balaban J connectivity index is 0.999. The average molecular weight is 801 g/mol. The van der Waals surface area contributed by atoms with Crippen LogP contribution in [0.3, 0.4) is 0 Å². The summed E-state index contributed by atoms with van der Waals surface area (Å²) in [4.78, 5) is 28.8. The van der Waals surface area contributed by atoms with Crippen molar-refractivity contribution in [2.75, 3.05) is 0 Å². The predicted octanol–water partition coefficient (Wildman–Crippen LogP) is 12.6. The van der Waals surface area contributed by atoms with E-state index in [-0.39, 0.29) is 11.4 Å². The third-order valence-electron chi connectivity index (χ3n) is 11.4. The Morgan fingerprint density at radius 3 is 1.18 bits per heavy atom. The lowest BCUT2D eigenvalue weighted by atomic mass is 9.98. The van der Waals surface area contributed by atoms with Crippen molar-refractivity contribution in [1.82, 2.24) is 18.3 Å². The Hall–Kier alpha value is -8.48. The maximum Gasteiger partial charge on any atom is 0.338 e. The van der Waals surface area contributed by atoms with Crippen LogP contribution in [0.25, 0.3) is 83.8 Å². The summed E-state index contributed by atoms with van der Waals surface area (Å²) in [5.41, 5.74) is 14.2. The van der Waals surface area contributed by atoms with Crippen LogP contribution in [0.2, 0.25) is 0 Å². The van der Waals surface area contributed by atoms with Crippen LogP contribution in [0.4, 0.5) is 0 Å². The van der Waals surface area contributed by atoms with Crippen LogP contribution >= 0.6 is 0 Å². The standard InChI is InChI=1S/C56H40N4O2/c1-3-15-39(4-2)41-28-32-47(33-29-41)57-51-24-8-10-26-53(51)59(55(57)61)49-22-13-20-45(37-49)43-18-12-19-44(36-43)46-21-14-23-50(38-46)60-54-27-11-9-25-52(54)58(56(60)62)48-34-30-42(31-35-48)40-16-6-5-7-17-40/h3-38H,1-2H2/b39-15+. The molecule has 0 bridgehead atoms. The van der Waals surface area contributed by atoms with Gasteiger partial charge in [-0.25, -0.2) is 9.59 Å². The van der Waals surface area contributed by atoms with E-state index in [9.17, 15) is 9.59 Å². The van der Waals surface area contributed by atoms with Crippen LogP contribution in [-0.2, 0) is 0 Å². The highest BCUT2D eigenvalue weighted by Gasteiger charge is 2.19.